The van der Waals surface area contributed by atoms with E-state index in [0.717, 1.165) is 42.8 Å². The molecule has 1 saturated heterocycles. The lowest BCUT2D eigenvalue weighted by Gasteiger charge is -2.39. The Hall–Kier alpha value is -5.37. The zero-order chi connectivity index (χ0) is 32.5. The smallest absolute Gasteiger partial charge is 0.322 e. The molecule has 238 valence electrons. The highest BCUT2D eigenvalue weighted by molar-refractivity contribution is 6.02. The van der Waals surface area contributed by atoms with Gasteiger partial charge in [0.25, 0.3) is 0 Å². The fraction of sp³-hybridized carbons (Fsp3) is 0.343. The Morgan fingerprint density at radius 3 is 2.39 bits per heavy atom. The van der Waals surface area contributed by atoms with Gasteiger partial charge in [0.2, 0.25) is 17.5 Å². The van der Waals surface area contributed by atoms with Crippen LogP contribution in [0.4, 0.5) is 33.4 Å². The maximum Gasteiger partial charge on any atom is 0.322 e. The van der Waals surface area contributed by atoms with Gasteiger partial charge >= 0.3 is 6.03 Å². The second-order valence-corrected chi connectivity index (χ2v) is 11.6. The first-order chi connectivity index (χ1) is 22.3. The number of nitrogens with zero attached hydrogens (tertiary/aromatic N) is 5. The van der Waals surface area contributed by atoms with Gasteiger partial charge < -0.3 is 25.8 Å². The van der Waals surface area contributed by atoms with Crippen LogP contribution in [-0.4, -0.2) is 66.0 Å². The normalized spacial score (nSPS) is 17.7. The van der Waals surface area contributed by atoms with E-state index >= 15 is 0 Å². The van der Waals surface area contributed by atoms with Crippen LogP contribution in [0.5, 0.6) is 0 Å². The standard InChI is InChI=1S/C35H40N8O3/c1-4-34(45)40-31-22-30(15-16-32(31)42-20-18-41(19-21-42)25(2)44)43(35(46)38-23-26-8-6-5-7-9-26)29-13-10-27(11-14-29)39-33-17-12-28(36-3)24-37-33/h4-9,12,15-17,22,24,27,29H,1,10-11,13-14,18-21,23H2,2H3,(H,37,39)(H,38,46)(H,40,45). The molecule has 1 saturated carbocycles. The molecule has 2 heterocycles. The first-order valence-electron chi connectivity index (χ1n) is 15.6. The lowest BCUT2D eigenvalue weighted by Crippen LogP contribution is -2.49. The average molecular weight is 621 g/mol. The molecule has 11 heteroatoms. The number of carbonyl (C=O) groups excluding carboxylic acids is 3. The van der Waals surface area contributed by atoms with Crippen molar-refractivity contribution in [3.63, 3.8) is 0 Å². The van der Waals surface area contributed by atoms with Crippen molar-refractivity contribution in [3.8, 4) is 0 Å². The molecule has 5 rings (SSSR count). The minimum Gasteiger partial charge on any atom is -0.367 e. The minimum atomic E-state index is -0.342. The van der Waals surface area contributed by atoms with Crippen molar-refractivity contribution in [2.75, 3.05) is 46.6 Å². The molecule has 0 radical (unpaired) electrons. The number of aromatic nitrogens is 1. The summed E-state index contributed by atoms with van der Waals surface area (Å²) in [6.07, 6.45) is 5.98. The lowest BCUT2D eigenvalue weighted by atomic mass is 9.89. The number of hydrogen-bond donors (Lipinski definition) is 3. The number of piperazine rings is 1. The summed E-state index contributed by atoms with van der Waals surface area (Å²) >= 11 is 0. The number of benzene rings is 2. The molecule has 0 spiro atoms. The van der Waals surface area contributed by atoms with E-state index in [1.54, 1.807) is 19.2 Å². The summed E-state index contributed by atoms with van der Waals surface area (Å²) in [7, 11) is 0. The van der Waals surface area contributed by atoms with Crippen LogP contribution in [0.2, 0.25) is 0 Å². The van der Waals surface area contributed by atoms with Crippen LogP contribution in [-0.2, 0) is 16.1 Å². The average Bonchev–Trinajstić information content (AvgIpc) is 3.09. The van der Waals surface area contributed by atoms with E-state index in [0.29, 0.717) is 49.8 Å². The number of amides is 4. The van der Waals surface area contributed by atoms with Crippen LogP contribution < -0.4 is 25.8 Å². The monoisotopic (exact) mass is 620 g/mol. The number of hydrogen-bond acceptors (Lipinski definition) is 6. The Labute approximate surface area is 270 Å². The van der Waals surface area contributed by atoms with E-state index in [1.165, 1.54) is 6.08 Å². The summed E-state index contributed by atoms with van der Waals surface area (Å²) in [5.74, 6) is 0.438. The largest absolute Gasteiger partial charge is 0.367 e. The number of anilines is 4. The molecule has 0 atom stereocenters. The number of nitrogens with one attached hydrogen (secondary N) is 3. The fourth-order valence-corrected chi connectivity index (χ4v) is 6.07. The topological polar surface area (TPSA) is 114 Å². The molecule has 46 heavy (non-hydrogen) atoms. The third kappa shape index (κ3) is 8.01. The van der Waals surface area contributed by atoms with Gasteiger partial charge in [-0.3, -0.25) is 19.5 Å². The van der Waals surface area contributed by atoms with E-state index in [-0.39, 0.29) is 29.9 Å². The summed E-state index contributed by atoms with van der Waals surface area (Å²) in [6, 6.07) is 19.0. The summed E-state index contributed by atoms with van der Waals surface area (Å²) in [5, 5.41) is 9.54. The Morgan fingerprint density at radius 1 is 1.02 bits per heavy atom. The number of carbonyl (C=O) groups is 3. The van der Waals surface area contributed by atoms with Crippen molar-refractivity contribution in [2.24, 2.45) is 0 Å². The number of pyridine rings is 1. The molecule has 0 unspecified atom stereocenters. The molecule has 2 fully saturated rings. The summed E-state index contributed by atoms with van der Waals surface area (Å²) in [6.45, 7) is 15.2. The summed E-state index contributed by atoms with van der Waals surface area (Å²) in [4.78, 5) is 51.9. The molecule has 11 nitrogen and oxygen atoms in total. The van der Waals surface area contributed by atoms with Crippen LogP contribution in [0.15, 0.2) is 79.5 Å². The second-order valence-electron chi connectivity index (χ2n) is 11.6. The number of urea groups is 1. The van der Waals surface area contributed by atoms with Crippen molar-refractivity contribution >= 4 is 46.4 Å². The zero-order valence-electron chi connectivity index (χ0n) is 26.1. The van der Waals surface area contributed by atoms with Gasteiger partial charge in [-0.15, -0.1) is 0 Å². The van der Waals surface area contributed by atoms with Crippen molar-refractivity contribution in [2.45, 2.75) is 51.2 Å². The molecule has 3 N–H and O–H groups in total. The van der Waals surface area contributed by atoms with Gasteiger partial charge in [0.15, 0.2) is 0 Å². The molecule has 1 aromatic heterocycles. The highest BCUT2D eigenvalue weighted by atomic mass is 16.2. The van der Waals surface area contributed by atoms with Gasteiger partial charge in [-0.25, -0.2) is 9.64 Å². The maximum absolute atomic E-state index is 13.9. The minimum absolute atomic E-state index is 0.0477. The first kappa shape index (κ1) is 32.0. The molecule has 4 amide bonds. The molecule has 2 aliphatic rings. The van der Waals surface area contributed by atoms with Crippen LogP contribution >= 0.6 is 0 Å². The molecule has 1 aliphatic heterocycles. The zero-order valence-corrected chi connectivity index (χ0v) is 26.1. The fourth-order valence-electron chi connectivity index (χ4n) is 6.07. The van der Waals surface area contributed by atoms with Gasteiger partial charge in [-0.05, 0) is 61.6 Å². The van der Waals surface area contributed by atoms with E-state index in [1.807, 2.05) is 64.4 Å². The van der Waals surface area contributed by atoms with Gasteiger partial charge in [0, 0.05) is 63.6 Å². The highest BCUT2D eigenvalue weighted by Gasteiger charge is 2.31. The second kappa shape index (κ2) is 15.1. The Morgan fingerprint density at radius 2 is 1.76 bits per heavy atom. The van der Waals surface area contributed by atoms with Crippen LogP contribution in [0.1, 0.15) is 38.2 Å². The van der Waals surface area contributed by atoms with Crippen molar-refractivity contribution in [1.82, 2.24) is 15.2 Å². The number of rotatable bonds is 9. The SMILES string of the molecule is [C-]#[N+]c1ccc(NC2CCC(N(C(=O)NCc3ccccc3)c3ccc(N4CCN(C(C)=O)CC4)c(NC(=O)C=C)c3)CC2)nc1. The van der Waals surface area contributed by atoms with Crippen LogP contribution in [0.3, 0.4) is 0 Å². The van der Waals surface area contributed by atoms with E-state index in [2.05, 4.69) is 37.3 Å². The predicted octanol–water partition coefficient (Wildman–Crippen LogP) is 5.56. The molecule has 3 aromatic rings. The maximum atomic E-state index is 13.9. The predicted molar refractivity (Wildman–Crippen MR) is 181 cm³/mol. The van der Waals surface area contributed by atoms with Gasteiger partial charge in [-0.2, -0.15) is 0 Å². The van der Waals surface area contributed by atoms with Crippen LogP contribution in [0.25, 0.3) is 4.85 Å². The van der Waals surface area contributed by atoms with Crippen molar-refractivity contribution < 1.29 is 14.4 Å². The van der Waals surface area contributed by atoms with Gasteiger partial charge in [0.05, 0.1) is 17.9 Å². The highest BCUT2D eigenvalue weighted by Crippen LogP contribution is 2.35. The van der Waals surface area contributed by atoms with Crippen molar-refractivity contribution in [1.29, 1.82) is 0 Å². The first-order valence-corrected chi connectivity index (χ1v) is 15.6. The Bertz CT molecular complexity index is 1570. The van der Waals surface area contributed by atoms with Gasteiger partial charge in [0.1, 0.15) is 5.82 Å². The molecule has 1 aliphatic carbocycles. The third-order valence-electron chi connectivity index (χ3n) is 8.56. The molecular formula is C35H40N8O3. The van der Waals surface area contributed by atoms with E-state index in [4.69, 9.17) is 6.57 Å². The molecular weight excluding hydrogens is 580 g/mol. The Balaban J connectivity index is 1.38. The van der Waals surface area contributed by atoms with E-state index < -0.39 is 0 Å². The lowest BCUT2D eigenvalue weighted by molar-refractivity contribution is -0.129. The Kier molecular flexibility index (Phi) is 10.5. The summed E-state index contributed by atoms with van der Waals surface area (Å²) < 4.78 is 0. The van der Waals surface area contributed by atoms with Gasteiger partial charge in [-0.1, -0.05) is 43.0 Å². The van der Waals surface area contributed by atoms with Crippen LogP contribution in [0, 0.1) is 6.57 Å². The third-order valence-corrected chi connectivity index (χ3v) is 8.56. The van der Waals surface area contributed by atoms with E-state index in [9.17, 15) is 14.4 Å². The molecule has 2 aromatic carbocycles. The van der Waals surface area contributed by atoms with Crippen molar-refractivity contribution in [3.05, 3.63) is 96.5 Å². The quantitative estimate of drug-likeness (QED) is 0.213. The summed E-state index contributed by atoms with van der Waals surface area (Å²) in [5.41, 5.74) is 3.60. The molecule has 0 bridgehead atoms.